The number of hydrogen-bond acceptors (Lipinski definition) is 5. The second kappa shape index (κ2) is 10.2. The highest BCUT2D eigenvalue weighted by Gasteiger charge is 2.16. The maximum Gasteiger partial charge on any atom is 0.167 e. The summed E-state index contributed by atoms with van der Waals surface area (Å²) in [6, 6.07) is 27.7. The van der Waals surface area contributed by atoms with Gasteiger partial charge in [0.25, 0.3) is 0 Å². The van der Waals surface area contributed by atoms with Crippen molar-refractivity contribution < 1.29 is 9.84 Å². The fourth-order valence-corrected chi connectivity index (χ4v) is 4.49. The van der Waals surface area contributed by atoms with Gasteiger partial charge in [-0.3, -0.25) is 0 Å². The summed E-state index contributed by atoms with van der Waals surface area (Å²) in [6.45, 7) is 8.65. The van der Waals surface area contributed by atoms with E-state index >= 15 is 0 Å². The van der Waals surface area contributed by atoms with E-state index in [0.717, 1.165) is 38.9 Å². The Bertz CT molecular complexity index is 1470. The Morgan fingerprint density at radius 2 is 1.11 bits per heavy atom. The second-order valence-corrected chi connectivity index (χ2v) is 9.51. The molecule has 0 aliphatic rings. The van der Waals surface area contributed by atoms with Crippen LogP contribution in [0.1, 0.15) is 27.8 Å². The van der Waals surface area contributed by atoms with Gasteiger partial charge in [-0.1, -0.05) is 64.7 Å². The molecule has 0 aliphatic carbocycles. The standard InChI is InChI=1S/C32H29N3O2/c1-20-12-21(2)15-25(14-20)30-33-31(26-16-22(3)13-23(4)17-26)35-32(34-30)28-11-10-27(18-29(28)36)37-19-24-8-6-5-7-9-24/h5-18,36H,19H2,1-4H3. The van der Waals surface area contributed by atoms with E-state index in [1.165, 1.54) is 0 Å². The van der Waals surface area contributed by atoms with E-state index in [0.29, 0.717) is 35.4 Å². The van der Waals surface area contributed by atoms with Gasteiger partial charge in [-0.25, -0.2) is 15.0 Å². The normalized spacial score (nSPS) is 10.9. The molecular formula is C32H29N3O2. The van der Waals surface area contributed by atoms with Gasteiger partial charge in [-0.05, 0) is 69.7 Å². The lowest BCUT2D eigenvalue weighted by Crippen LogP contribution is -2.01. The van der Waals surface area contributed by atoms with E-state index in [1.807, 2.05) is 36.4 Å². The highest BCUT2D eigenvalue weighted by Crippen LogP contribution is 2.33. The van der Waals surface area contributed by atoms with Crippen LogP contribution in [0.25, 0.3) is 34.2 Å². The van der Waals surface area contributed by atoms with Crippen molar-refractivity contribution in [2.24, 2.45) is 0 Å². The average Bonchev–Trinajstić information content (AvgIpc) is 2.87. The number of phenolic OH excluding ortho intramolecular Hbond substituents is 1. The molecule has 0 saturated heterocycles. The quantitative estimate of drug-likeness (QED) is 0.270. The molecule has 5 aromatic rings. The fourth-order valence-electron chi connectivity index (χ4n) is 4.49. The predicted octanol–water partition coefficient (Wildman–Crippen LogP) is 7.39. The molecule has 0 fully saturated rings. The van der Waals surface area contributed by atoms with Gasteiger partial charge in [-0.15, -0.1) is 0 Å². The minimum absolute atomic E-state index is 0.0505. The second-order valence-electron chi connectivity index (χ2n) is 9.51. The lowest BCUT2D eigenvalue weighted by molar-refractivity contribution is 0.304. The van der Waals surface area contributed by atoms with Gasteiger partial charge in [0.15, 0.2) is 17.5 Å². The van der Waals surface area contributed by atoms with E-state index in [-0.39, 0.29) is 5.75 Å². The predicted molar refractivity (Wildman–Crippen MR) is 148 cm³/mol. The zero-order valence-corrected chi connectivity index (χ0v) is 21.5. The van der Waals surface area contributed by atoms with Crippen LogP contribution >= 0.6 is 0 Å². The number of ether oxygens (including phenoxy) is 1. The van der Waals surface area contributed by atoms with Crippen molar-refractivity contribution >= 4 is 0 Å². The monoisotopic (exact) mass is 487 g/mol. The highest BCUT2D eigenvalue weighted by atomic mass is 16.5. The van der Waals surface area contributed by atoms with E-state index in [4.69, 9.17) is 19.7 Å². The van der Waals surface area contributed by atoms with Crippen LogP contribution in [0.3, 0.4) is 0 Å². The summed E-state index contributed by atoms with van der Waals surface area (Å²) < 4.78 is 5.89. The molecule has 5 nitrogen and oxygen atoms in total. The molecule has 37 heavy (non-hydrogen) atoms. The summed E-state index contributed by atoms with van der Waals surface area (Å²) in [5, 5.41) is 11.0. The van der Waals surface area contributed by atoms with Gasteiger partial charge < -0.3 is 9.84 Å². The maximum absolute atomic E-state index is 11.0. The number of aromatic nitrogens is 3. The SMILES string of the molecule is Cc1cc(C)cc(-c2nc(-c3cc(C)cc(C)c3)nc(-c3ccc(OCc4ccccc4)cc3O)n2)c1. The van der Waals surface area contributed by atoms with Crippen molar-refractivity contribution in [1.82, 2.24) is 15.0 Å². The first-order valence-corrected chi connectivity index (χ1v) is 12.3. The zero-order valence-electron chi connectivity index (χ0n) is 21.5. The van der Waals surface area contributed by atoms with Gasteiger partial charge in [0, 0.05) is 17.2 Å². The van der Waals surface area contributed by atoms with Gasteiger partial charge >= 0.3 is 0 Å². The third-order valence-corrected chi connectivity index (χ3v) is 6.05. The first-order chi connectivity index (χ1) is 17.8. The summed E-state index contributed by atoms with van der Waals surface area (Å²) >= 11 is 0. The molecule has 1 heterocycles. The van der Waals surface area contributed by atoms with Crippen LogP contribution in [-0.4, -0.2) is 20.1 Å². The summed E-state index contributed by atoms with van der Waals surface area (Å²) in [6.07, 6.45) is 0. The van der Waals surface area contributed by atoms with Gasteiger partial charge in [-0.2, -0.15) is 0 Å². The number of hydrogen-bond donors (Lipinski definition) is 1. The minimum atomic E-state index is 0.0505. The molecule has 4 aromatic carbocycles. The molecule has 5 heteroatoms. The Morgan fingerprint density at radius 1 is 0.595 bits per heavy atom. The summed E-state index contributed by atoms with van der Waals surface area (Å²) in [4.78, 5) is 14.4. The molecule has 0 bridgehead atoms. The third-order valence-electron chi connectivity index (χ3n) is 6.05. The number of phenols is 1. The molecule has 5 rings (SSSR count). The van der Waals surface area contributed by atoms with E-state index in [1.54, 1.807) is 12.1 Å². The molecule has 0 aliphatic heterocycles. The Kier molecular flexibility index (Phi) is 6.69. The minimum Gasteiger partial charge on any atom is -0.507 e. The fraction of sp³-hybridized carbons (Fsp3) is 0.156. The van der Waals surface area contributed by atoms with Crippen LogP contribution in [0.15, 0.2) is 84.9 Å². The number of benzene rings is 4. The lowest BCUT2D eigenvalue weighted by Gasteiger charge is -2.12. The van der Waals surface area contributed by atoms with Crippen LogP contribution in [0.4, 0.5) is 0 Å². The third kappa shape index (κ3) is 5.67. The molecule has 0 unspecified atom stereocenters. The van der Waals surface area contributed by atoms with Crippen molar-refractivity contribution in [3.63, 3.8) is 0 Å². The largest absolute Gasteiger partial charge is 0.507 e. The topological polar surface area (TPSA) is 68.1 Å². The summed E-state index contributed by atoms with van der Waals surface area (Å²) in [7, 11) is 0. The number of aryl methyl sites for hydroxylation is 4. The lowest BCUT2D eigenvalue weighted by atomic mass is 10.1. The average molecular weight is 488 g/mol. The number of nitrogens with zero attached hydrogens (tertiary/aromatic N) is 3. The molecule has 0 amide bonds. The van der Waals surface area contributed by atoms with E-state index < -0.39 is 0 Å². The van der Waals surface area contributed by atoms with Crippen molar-refractivity contribution in [2.45, 2.75) is 34.3 Å². The summed E-state index contributed by atoms with van der Waals surface area (Å²) in [5.41, 5.74) is 7.93. The molecule has 0 spiro atoms. The maximum atomic E-state index is 11.0. The van der Waals surface area contributed by atoms with Crippen LogP contribution in [0, 0.1) is 27.7 Å². The van der Waals surface area contributed by atoms with Crippen LogP contribution in [-0.2, 0) is 6.61 Å². The highest BCUT2D eigenvalue weighted by molar-refractivity contribution is 5.71. The zero-order chi connectivity index (χ0) is 25.9. The Balaban J connectivity index is 1.57. The molecule has 0 atom stereocenters. The molecular weight excluding hydrogens is 458 g/mol. The Labute approximate surface area is 217 Å². The first kappa shape index (κ1) is 24.2. The number of aromatic hydroxyl groups is 1. The molecule has 1 N–H and O–H groups in total. The van der Waals surface area contributed by atoms with Crippen molar-refractivity contribution in [3.8, 4) is 45.7 Å². The Morgan fingerprint density at radius 3 is 1.62 bits per heavy atom. The number of rotatable bonds is 6. The van der Waals surface area contributed by atoms with Crippen LogP contribution in [0.5, 0.6) is 11.5 Å². The first-order valence-electron chi connectivity index (χ1n) is 12.3. The van der Waals surface area contributed by atoms with E-state index in [2.05, 4.69) is 64.1 Å². The summed E-state index contributed by atoms with van der Waals surface area (Å²) in [5.74, 6) is 2.16. The van der Waals surface area contributed by atoms with Crippen LogP contribution in [0.2, 0.25) is 0 Å². The van der Waals surface area contributed by atoms with Crippen molar-refractivity contribution in [2.75, 3.05) is 0 Å². The smallest absolute Gasteiger partial charge is 0.167 e. The van der Waals surface area contributed by atoms with Crippen molar-refractivity contribution in [3.05, 3.63) is 113 Å². The van der Waals surface area contributed by atoms with Crippen molar-refractivity contribution in [1.29, 1.82) is 0 Å². The molecule has 1 aromatic heterocycles. The van der Waals surface area contributed by atoms with Gasteiger partial charge in [0.05, 0.1) is 5.56 Å². The van der Waals surface area contributed by atoms with Crippen LogP contribution < -0.4 is 4.74 Å². The Hall–Kier alpha value is -4.51. The molecule has 0 radical (unpaired) electrons. The molecule has 184 valence electrons. The molecule has 0 saturated carbocycles. The van der Waals surface area contributed by atoms with Gasteiger partial charge in [0.2, 0.25) is 0 Å². The van der Waals surface area contributed by atoms with Gasteiger partial charge in [0.1, 0.15) is 18.1 Å². The van der Waals surface area contributed by atoms with E-state index in [9.17, 15) is 5.11 Å².